The lowest BCUT2D eigenvalue weighted by atomic mass is 10.1. The van der Waals surface area contributed by atoms with Gasteiger partial charge in [-0.3, -0.25) is 4.18 Å². The predicted octanol–water partition coefficient (Wildman–Crippen LogP) is 4.43. The van der Waals surface area contributed by atoms with Gasteiger partial charge in [-0.2, -0.15) is 8.42 Å². The first-order valence-electron chi connectivity index (χ1n) is 10.1. The van der Waals surface area contributed by atoms with Gasteiger partial charge in [-0.05, 0) is 44.7 Å². The Morgan fingerprint density at radius 2 is 1.90 bits per heavy atom. The lowest BCUT2D eigenvalue weighted by Gasteiger charge is -2.33. The van der Waals surface area contributed by atoms with Crippen LogP contribution in [0.5, 0.6) is 0 Å². The van der Waals surface area contributed by atoms with E-state index in [1.807, 2.05) is 6.92 Å². The number of allylic oxidation sites excluding steroid dienone is 1. The van der Waals surface area contributed by atoms with Crippen molar-refractivity contribution < 1.29 is 22.4 Å². The van der Waals surface area contributed by atoms with Gasteiger partial charge in [-0.25, -0.2) is 0 Å². The Morgan fingerprint density at radius 1 is 1.24 bits per heavy atom. The van der Waals surface area contributed by atoms with E-state index in [0.29, 0.717) is 19.3 Å². The fraction of sp³-hybridized carbons (Fsp3) is 0.619. The largest absolute Gasteiger partial charge is 0.396 e. The van der Waals surface area contributed by atoms with Crippen LogP contribution in [0.25, 0.3) is 0 Å². The molecule has 0 saturated carbocycles. The van der Waals surface area contributed by atoms with Crippen LogP contribution >= 0.6 is 11.6 Å². The quantitative estimate of drug-likeness (QED) is 0.353. The van der Waals surface area contributed by atoms with Gasteiger partial charge in [0.2, 0.25) is 0 Å². The zero-order valence-corrected chi connectivity index (χ0v) is 20.3. The van der Waals surface area contributed by atoms with Crippen LogP contribution < -0.4 is 0 Å². The summed E-state index contributed by atoms with van der Waals surface area (Å²) < 4.78 is 36.6. The predicted molar refractivity (Wildman–Crippen MR) is 120 cm³/mol. The lowest BCUT2D eigenvalue weighted by molar-refractivity contribution is -0.0403. The third-order valence-electron chi connectivity index (χ3n) is 5.15. The maximum absolute atomic E-state index is 12.5. The van der Waals surface area contributed by atoms with Gasteiger partial charge < -0.3 is 9.84 Å². The summed E-state index contributed by atoms with van der Waals surface area (Å²) >= 11 is 6.59. The average molecular weight is 461 g/mol. The summed E-state index contributed by atoms with van der Waals surface area (Å²) in [5.41, 5.74) is 0.977. The first-order chi connectivity index (χ1) is 13.5. The maximum Gasteiger partial charge on any atom is 0.297 e. The summed E-state index contributed by atoms with van der Waals surface area (Å²) in [6.07, 6.45) is 4.29. The summed E-state index contributed by atoms with van der Waals surface area (Å²) in [6.45, 7) is 8.74. The standard InChI is InChI=1S/C21H33ClO5SSi/c1-16-7-9-18(10-8-16)28(24,25)26-15-21-20(22)12-11-19(29(2,3)4)14-17(27-21)6-5-13-23/h7-11,17,20-21,23H,5-6,12-15H2,1-4H3/t17-,20+,21-/m0/s1. The van der Waals surface area contributed by atoms with E-state index in [-0.39, 0.29) is 29.6 Å². The molecule has 0 aromatic heterocycles. The third-order valence-corrected chi connectivity index (χ3v) is 9.24. The molecule has 164 valence electrons. The van der Waals surface area contributed by atoms with Crippen LogP contribution in [0.3, 0.4) is 0 Å². The highest BCUT2D eigenvalue weighted by atomic mass is 35.5. The van der Waals surface area contributed by atoms with Gasteiger partial charge >= 0.3 is 0 Å². The van der Waals surface area contributed by atoms with Crippen molar-refractivity contribution in [1.82, 2.24) is 0 Å². The molecule has 1 N–H and O–H groups in total. The molecule has 0 unspecified atom stereocenters. The van der Waals surface area contributed by atoms with Crippen LogP contribution in [-0.2, 0) is 19.0 Å². The van der Waals surface area contributed by atoms with Gasteiger partial charge in [0.05, 0.1) is 37.2 Å². The summed E-state index contributed by atoms with van der Waals surface area (Å²) in [5, 5.41) is 10.2. The molecule has 5 nitrogen and oxygen atoms in total. The van der Waals surface area contributed by atoms with Gasteiger partial charge in [0, 0.05) is 6.61 Å². The summed E-state index contributed by atoms with van der Waals surface area (Å²) in [4.78, 5) is 0.123. The fourth-order valence-corrected chi connectivity index (χ4v) is 6.00. The average Bonchev–Trinajstić information content (AvgIpc) is 2.63. The van der Waals surface area contributed by atoms with Crippen molar-refractivity contribution in [1.29, 1.82) is 0 Å². The molecule has 1 aromatic rings. The van der Waals surface area contributed by atoms with Crippen molar-refractivity contribution in [2.75, 3.05) is 13.2 Å². The minimum absolute atomic E-state index is 0.0964. The second-order valence-electron chi connectivity index (χ2n) is 8.65. The van der Waals surface area contributed by atoms with E-state index >= 15 is 0 Å². The number of hydrogen-bond acceptors (Lipinski definition) is 5. The highest BCUT2D eigenvalue weighted by molar-refractivity contribution is 7.86. The fourth-order valence-electron chi connectivity index (χ4n) is 3.29. The van der Waals surface area contributed by atoms with E-state index in [2.05, 4.69) is 25.7 Å². The number of ether oxygens (including phenoxy) is 1. The highest BCUT2D eigenvalue weighted by Gasteiger charge is 2.31. The first kappa shape index (κ1) is 24.6. The summed E-state index contributed by atoms with van der Waals surface area (Å²) in [6, 6.07) is 6.55. The Bertz CT molecular complexity index is 786. The summed E-state index contributed by atoms with van der Waals surface area (Å²) in [5.74, 6) is 0. The van der Waals surface area contributed by atoms with Crippen LogP contribution in [-0.4, -0.2) is 52.4 Å². The van der Waals surface area contributed by atoms with E-state index in [4.69, 9.17) is 20.5 Å². The molecule has 0 saturated heterocycles. The molecule has 1 aromatic carbocycles. The number of benzene rings is 1. The van der Waals surface area contributed by atoms with Gasteiger partial charge in [-0.15, -0.1) is 11.6 Å². The van der Waals surface area contributed by atoms with Crippen LogP contribution in [0.4, 0.5) is 0 Å². The van der Waals surface area contributed by atoms with Crippen molar-refractivity contribution >= 4 is 29.8 Å². The zero-order valence-electron chi connectivity index (χ0n) is 17.7. The molecular formula is C21H33ClO5SSi. The van der Waals surface area contributed by atoms with E-state index in [9.17, 15) is 13.5 Å². The molecule has 0 amide bonds. The number of aliphatic hydroxyl groups is 1. The minimum Gasteiger partial charge on any atom is -0.396 e. The topological polar surface area (TPSA) is 72.8 Å². The Hall–Kier alpha value is -0.703. The summed E-state index contributed by atoms with van der Waals surface area (Å²) in [7, 11) is -5.38. The second-order valence-corrected chi connectivity index (χ2v) is 16.0. The number of aryl methyl sites for hydroxylation is 1. The van der Waals surface area contributed by atoms with E-state index in [1.54, 1.807) is 12.1 Å². The SMILES string of the molecule is Cc1ccc(S(=O)(=O)OC[C@@H]2O[C@@H](CCCO)CC([Si](C)(C)C)=CC[C@H]2Cl)cc1. The molecule has 2 rings (SSSR count). The van der Waals surface area contributed by atoms with Gasteiger partial charge in [0.1, 0.15) is 0 Å². The monoisotopic (exact) mass is 460 g/mol. The van der Waals surface area contributed by atoms with Gasteiger partial charge in [0.25, 0.3) is 10.1 Å². The number of halogens is 1. The Balaban J connectivity index is 2.14. The van der Waals surface area contributed by atoms with E-state index in [0.717, 1.165) is 12.0 Å². The molecule has 3 atom stereocenters. The molecule has 0 spiro atoms. The van der Waals surface area contributed by atoms with Crippen molar-refractivity contribution in [3.63, 3.8) is 0 Å². The lowest BCUT2D eigenvalue weighted by Crippen LogP contribution is -2.38. The Morgan fingerprint density at radius 3 is 2.48 bits per heavy atom. The zero-order chi connectivity index (χ0) is 21.7. The molecule has 0 aliphatic carbocycles. The Labute approximate surface area is 181 Å². The van der Waals surface area contributed by atoms with Crippen molar-refractivity contribution in [2.45, 2.75) is 74.7 Å². The third kappa shape index (κ3) is 7.49. The number of rotatable bonds is 8. The van der Waals surface area contributed by atoms with Crippen molar-refractivity contribution in [3.05, 3.63) is 41.1 Å². The highest BCUT2D eigenvalue weighted by Crippen LogP contribution is 2.30. The molecule has 1 heterocycles. The van der Waals surface area contributed by atoms with Crippen molar-refractivity contribution in [3.8, 4) is 0 Å². The molecule has 1 aliphatic rings. The normalized spacial score (nSPS) is 23.9. The Kier molecular flexibility index (Phi) is 8.94. The molecule has 0 bridgehead atoms. The molecule has 0 radical (unpaired) electrons. The number of alkyl halides is 1. The van der Waals surface area contributed by atoms with Crippen molar-refractivity contribution in [2.24, 2.45) is 0 Å². The molecule has 8 heteroatoms. The van der Waals surface area contributed by atoms with Gasteiger partial charge in [0.15, 0.2) is 0 Å². The van der Waals surface area contributed by atoms with Crippen LogP contribution in [0.1, 0.15) is 31.2 Å². The van der Waals surface area contributed by atoms with Crippen LogP contribution in [0, 0.1) is 6.92 Å². The first-order valence-corrected chi connectivity index (χ1v) is 15.4. The maximum atomic E-state index is 12.5. The molecule has 29 heavy (non-hydrogen) atoms. The van der Waals surface area contributed by atoms with E-state index in [1.165, 1.54) is 17.3 Å². The van der Waals surface area contributed by atoms with Crippen LogP contribution in [0.2, 0.25) is 19.6 Å². The number of aliphatic hydroxyl groups excluding tert-OH is 1. The second kappa shape index (κ2) is 10.6. The molecule has 0 fully saturated rings. The molecule has 1 aliphatic heterocycles. The van der Waals surface area contributed by atoms with Crippen LogP contribution in [0.15, 0.2) is 40.4 Å². The smallest absolute Gasteiger partial charge is 0.297 e. The van der Waals surface area contributed by atoms with Gasteiger partial charge in [-0.1, -0.05) is 48.6 Å². The molecular weight excluding hydrogens is 428 g/mol. The number of hydrogen-bond donors (Lipinski definition) is 1. The minimum atomic E-state index is -3.88. The van der Waals surface area contributed by atoms with E-state index < -0.39 is 24.3 Å².